The van der Waals surface area contributed by atoms with Gasteiger partial charge in [0.2, 0.25) is 0 Å². The number of fused-ring (bicyclic) bond motifs is 5. The Morgan fingerprint density at radius 2 is 1.82 bits per heavy atom. The van der Waals surface area contributed by atoms with E-state index in [1.54, 1.807) is 0 Å². The first-order valence-corrected chi connectivity index (χ1v) is 14.5. The number of carbonyl (C=O) groups is 2. The number of hydrogen-bond donors (Lipinski definition) is 0. The molecule has 6 heteroatoms. The number of alkyl halides is 1. The molecule has 0 aromatic carbocycles. The fraction of sp³-hybridized carbons (Fsp3) is 0.821. The number of carbonyl (C=O) groups excluding carboxylic acids is 2. The quantitative estimate of drug-likeness (QED) is 0.105. The Morgan fingerprint density at radius 3 is 2.53 bits per heavy atom. The summed E-state index contributed by atoms with van der Waals surface area (Å²) in [6, 6.07) is -0.100. The summed E-state index contributed by atoms with van der Waals surface area (Å²) in [7, 11) is 4.23. The number of likely N-dealkylation sites (tertiary alicyclic amines) is 1. The van der Waals surface area contributed by atoms with Gasteiger partial charge in [0.05, 0.1) is 29.8 Å². The van der Waals surface area contributed by atoms with Crippen LogP contribution in [-0.2, 0) is 14.4 Å². The van der Waals surface area contributed by atoms with Crippen molar-refractivity contribution in [1.29, 1.82) is 0 Å². The highest BCUT2D eigenvalue weighted by molar-refractivity contribution is 14.1. The Hall–Kier alpha value is -0.760. The number of likely N-dealkylation sites (N-methyl/N-ethyl adjacent to an activating group) is 1. The number of rotatable bonds is 3. The lowest BCUT2D eigenvalue weighted by Crippen LogP contribution is -2.54. The molecular weight excluding hydrogens is 539 g/mol. The molecule has 0 N–H and O–H groups in total. The van der Waals surface area contributed by atoms with Crippen molar-refractivity contribution in [3.63, 3.8) is 0 Å². The molecule has 34 heavy (non-hydrogen) atoms. The minimum absolute atomic E-state index is 0.0692. The van der Waals surface area contributed by atoms with E-state index in [2.05, 4.69) is 62.6 Å². The van der Waals surface area contributed by atoms with Gasteiger partial charge < -0.3 is 9.32 Å². The Kier molecular flexibility index (Phi) is 6.15. The molecule has 1 aliphatic heterocycles. The lowest BCUT2D eigenvalue weighted by Gasteiger charge is -2.59. The van der Waals surface area contributed by atoms with Crippen molar-refractivity contribution in [3.8, 4) is 0 Å². The van der Waals surface area contributed by atoms with Gasteiger partial charge in [-0.2, -0.15) is 0 Å². The maximum Gasteiger partial charge on any atom is 0.391 e. The van der Waals surface area contributed by atoms with Crippen molar-refractivity contribution in [2.75, 3.05) is 20.6 Å². The van der Waals surface area contributed by atoms with Crippen LogP contribution in [0.3, 0.4) is 0 Å². The van der Waals surface area contributed by atoms with Gasteiger partial charge in [0.15, 0.2) is 11.8 Å². The van der Waals surface area contributed by atoms with Crippen molar-refractivity contribution in [1.82, 2.24) is 0 Å². The summed E-state index contributed by atoms with van der Waals surface area (Å²) in [4.78, 5) is 30.6. The number of quaternary nitrogens is 1. The van der Waals surface area contributed by atoms with Crippen LogP contribution in [-0.4, -0.2) is 52.1 Å². The Labute approximate surface area is 218 Å². The molecule has 5 rings (SSSR count). The van der Waals surface area contributed by atoms with Crippen LogP contribution in [0.1, 0.15) is 85.0 Å². The van der Waals surface area contributed by atoms with Crippen molar-refractivity contribution in [2.24, 2.45) is 33.7 Å². The number of hydrogen-bond acceptors (Lipinski definition) is 4. The molecular formula is C28H42IN2O3+. The first-order chi connectivity index (χ1) is 15.9. The van der Waals surface area contributed by atoms with Gasteiger partial charge in [-0.05, 0) is 86.5 Å². The van der Waals surface area contributed by atoms with E-state index in [-0.39, 0.29) is 26.3 Å². The SMILES string of the molecule is C/C(=N\OC(=O)[C@@H]1CCC[N+]1(C)C)[C@]1(I)CC[C@H]2[C@H]3CCC4=CC(=O)CC[C@]4(C)[C@H]3CC[C@@]21C. The highest BCUT2D eigenvalue weighted by atomic mass is 127. The average molecular weight is 582 g/mol. The maximum atomic E-state index is 12.9. The maximum absolute atomic E-state index is 12.9. The van der Waals surface area contributed by atoms with Gasteiger partial charge in [-0.3, -0.25) is 4.79 Å². The second kappa shape index (κ2) is 8.39. The third kappa shape index (κ3) is 3.59. The molecule has 0 spiro atoms. The molecule has 0 radical (unpaired) electrons. The molecule has 0 amide bonds. The van der Waals surface area contributed by atoms with Crippen molar-refractivity contribution < 1.29 is 18.9 Å². The molecule has 4 aliphatic carbocycles. The van der Waals surface area contributed by atoms with Crippen LogP contribution in [0, 0.1) is 28.6 Å². The zero-order chi connectivity index (χ0) is 24.5. The summed E-state index contributed by atoms with van der Waals surface area (Å²) in [6.45, 7) is 8.05. The molecule has 5 aliphatic rings. The molecule has 1 heterocycles. The average Bonchev–Trinajstić information content (AvgIpc) is 3.28. The van der Waals surface area contributed by atoms with Crippen LogP contribution in [0.2, 0.25) is 0 Å². The Bertz CT molecular complexity index is 957. The molecule has 0 aromatic rings. The monoisotopic (exact) mass is 581 g/mol. The summed E-state index contributed by atoms with van der Waals surface area (Å²) < 4.78 is 0.632. The van der Waals surface area contributed by atoms with E-state index in [9.17, 15) is 9.59 Å². The van der Waals surface area contributed by atoms with Gasteiger partial charge in [-0.1, -0.05) is 47.2 Å². The Morgan fingerprint density at radius 1 is 1.09 bits per heavy atom. The summed E-state index contributed by atoms with van der Waals surface area (Å²) in [6.07, 6.45) is 12.8. The van der Waals surface area contributed by atoms with Gasteiger partial charge in [0.25, 0.3) is 0 Å². The van der Waals surface area contributed by atoms with Crippen LogP contribution in [0.4, 0.5) is 0 Å². The lowest BCUT2D eigenvalue weighted by molar-refractivity contribution is -0.893. The summed E-state index contributed by atoms with van der Waals surface area (Å²) in [5, 5.41) is 4.52. The molecule has 1 saturated heterocycles. The first-order valence-electron chi connectivity index (χ1n) is 13.4. The molecule has 0 aromatic heterocycles. The summed E-state index contributed by atoms with van der Waals surface area (Å²) in [5.74, 6) is 2.24. The fourth-order valence-electron chi connectivity index (χ4n) is 8.99. The first kappa shape index (κ1) is 24.9. The molecule has 0 unspecified atom stereocenters. The zero-order valence-corrected chi connectivity index (χ0v) is 23.8. The molecule has 3 saturated carbocycles. The van der Waals surface area contributed by atoms with Gasteiger partial charge in [0, 0.05) is 19.3 Å². The fourth-order valence-corrected chi connectivity index (χ4v) is 10.1. The van der Waals surface area contributed by atoms with E-state index in [0.717, 1.165) is 56.7 Å². The van der Waals surface area contributed by atoms with Crippen LogP contribution in [0.5, 0.6) is 0 Å². The van der Waals surface area contributed by atoms with Crippen molar-refractivity contribution in [3.05, 3.63) is 11.6 Å². The minimum atomic E-state index is -0.170. The van der Waals surface area contributed by atoms with E-state index in [1.165, 1.54) is 31.3 Å². The van der Waals surface area contributed by atoms with E-state index in [0.29, 0.717) is 22.1 Å². The molecule has 7 atom stereocenters. The third-order valence-corrected chi connectivity index (χ3v) is 13.8. The standard InChI is InChI=1S/C28H42IN2O3/c1-18(30-34-25(33)24-7-6-16-31(24,4)5)28(29)15-12-23-21-9-8-19-17-20(32)10-13-26(19,2)22(21)11-14-27(23,28)3/h17,21-24H,6-16H2,1-5H3/q+1/b30-18+/t21-,22-,23-,24-,26-,27-,28+/m0/s1. The topological polar surface area (TPSA) is 55.7 Å². The largest absolute Gasteiger partial charge is 0.391 e. The lowest BCUT2D eigenvalue weighted by atomic mass is 9.46. The van der Waals surface area contributed by atoms with Crippen LogP contribution in [0.25, 0.3) is 0 Å². The van der Waals surface area contributed by atoms with E-state index < -0.39 is 0 Å². The highest BCUT2D eigenvalue weighted by Crippen LogP contribution is 2.69. The van der Waals surface area contributed by atoms with Crippen LogP contribution < -0.4 is 0 Å². The van der Waals surface area contributed by atoms with Gasteiger partial charge in [-0.25, -0.2) is 4.79 Å². The molecule has 5 nitrogen and oxygen atoms in total. The molecule has 188 valence electrons. The normalized spacial score (nSPS) is 45.8. The van der Waals surface area contributed by atoms with Crippen molar-refractivity contribution >= 4 is 40.1 Å². The minimum Gasteiger partial charge on any atom is -0.317 e. The number of halogens is 1. The van der Waals surface area contributed by atoms with Crippen LogP contribution in [0.15, 0.2) is 16.8 Å². The zero-order valence-electron chi connectivity index (χ0n) is 21.7. The second-order valence-corrected chi connectivity index (χ2v) is 14.9. The van der Waals surface area contributed by atoms with E-state index in [1.807, 2.05) is 6.08 Å². The van der Waals surface area contributed by atoms with Crippen LogP contribution >= 0.6 is 22.6 Å². The number of nitrogens with zero attached hydrogens (tertiary/aromatic N) is 2. The van der Waals surface area contributed by atoms with Gasteiger partial charge in [-0.15, -0.1) is 0 Å². The smallest absolute Gasteiger partial charge is 0.317 e. The number of allylic oxidation sites excluding steroid dienone is 1. The number of ketones is 1. The summed E-state index contributed by atoms with van der Waals surface area (Å²) >= 11 is 2.67. The van der Waals surface area contributed by atoms with E-state index >= 15 is 0 Å². The third-order valence-electron chi connectivity index (χ3n) is 11.2. The predicted molar refractivity (Wildman–Crippen MR) is 143 cm³/mol. The van der Waals surface area contributed by atoms with E-state index in [4.69, 9.17) is 4.84 Å². The van der Waals surface area contributed by atoms with Gasteiger partial charge in [0.1, 0.15) is 0 Å². The summed E-state index contributed by atoms with van der Waals surface area (Å²) in [5.41, 5.74) is 2.79. The molecule has 0 bridgehead atoms. The van der Waals surface area contributed by atoms with Gasteiger partial charge >= 0.3 is 5.97 Å². The molecule has 4 fully saturated rings. The predicted octanol–water partition coefficient (Wildman–Crippen LogP) is 5.85. The highest BCUT2D eigenvalue weighted by Gasteiger charge is 2.64. The Balaban J connectivity index is 1.35. The van der Waals surface area contributed by atoms with Crippen molar-refractivity contribution in [2.45, 2.75) is 94.4 Å². The number of oxime groups is 1. The second-order valence-electron chi connectivity index (χ2n) is 13.0.